The molecule has 0 unspecified atom stereocenters. The highest BCUT2D eigenvalue weighted by molar-refractivity contribution is 5.89. The van der Waals surface area contributed by atoms with Gasteiger partial charge in [0.15, 0.2) is 0 Å². The molecule has 102 valence electrons. The Morgan fingerprint density at radius 2 is 2.05 bits per heavy atom. The minimum atomic E-state index is -0.940. The average Bonchev–Trinajstić information content (AvgIpc) is 2.39. The van der Waals surface area contributed by atoms with Crippen molar-refractivity contribution in [1.82, 2.24) is 4.90 Å². The van der Waals surface area contributed by atoms with Crippen molar-refractivity contribution in [3.05, 3.63) is 34.9 Å². The molecule has 19 heavy (non-hydrogen) atoms. The fraction of sp³-hybridized carbons (Fsp3) is 0.429. The molecule has 0 spiro atoms. The molecule has 5 nitrogen and oxygen atoms in total. The lowest BCUT2D eigenvalue weighted by atomic mass is 9.89. The average molecular weight is 263 g/mol. The molecule has 0 bridgehead atoms. The first-order valence-electron chi connectivity index (χ1n) is 6.30. The van der Waals surface area contributed by atoms with Gasteiger partial charge in [-0.15, -0.1) is 0 Å². The molecule has 1 aliphatic heterocycles. The Labute approximate surface area is 111 Å². The largest absolute Gasteiger partial charge is 0.478 e. The Kier molecular flexibility index (Phi) is 3.74. The van der Waals surface area contributed by atoms with Crippen molar-refractivity contribution < 1.29 is 19.8 Å². The number of amides is 1. The van der Waals surface area contributed by atoms with Gasteiger partial charge in [-0.2, -0.15) is 0 Å². The normalized spacial score (nSPS) is 19.2. The fourth-order valence-electron chi connectivity index (χ4n) is 2.55. The molecular formula is C14H17NO4. The van der Waals surface area contributed by atoms with Crippen LogP contribution in [-0.2, 0) is 0 Å². The summed E-state index contributed by atoms with van der Waals surface area (Å²) in [6.07, 6.45) is 0.800. The molecule has 1 heterocycles. The number of carboxylic acids is 1. The van der Waals surface area contributed by atoms with E-state index in [-0.39, 0.29) is 5.92 Å². The number of carbonyl (C=O) groups is 2. The molecule has 1 amide bonds. The zero-order valence-corrected chi connectivity index (χ0v) is 10.8. The predicted molar refractivity (Wildman–Crippen MR) is 69.7 cm³/mol. The van der Waals surface area contributed by atoms with Gasteiger partial charge in [0.25, 0.3) is 0 Å². The zero-order valence-electron chi connectivity index (χ0n) is 10.8. The van der Waals surface area contributed by atoms with E-state index in [9.17, 15) is 9.59 Å². The number of benzene rings is 1. The summed E-state index contributed by atoms with van der Waals surface area (Å²) >= 11 is 0. The van der Waals surface area contributed by atoms with E-state index in [0.717, 1.165) is 24.0 Å². The van der Waals surface area contributed by atoms with Crippen LogP contribution in [0.1, 0.15) is 40.2 Å². The van der Waals surface area contributed by atoms with Gasteiger partial charge in [-0.3, -0.25) is 0 Å². The number of carboxylic acid groups (broad SMARTS) is 2. The van der Waals surface area contributed by atoms with Crippen LogP contribution in [0.15, 0.2) is 18.2 Å². The first-order valence-corrected chi connectivity index (χ1v) is 6.30. The second-order valence-electron chi connectivity index (χ2n) is 4.95. The molecule has 1 atom stereocenters. The maximum absolute atomic E-state index is 11.1. The first kappa shape index (κ1) is 13.4. The molecule has 0 aliphatic carbocycles. The molecule has 1 aromatic carbocycles. The van der Waals surface area contributed by atoms with Crippen molar-refractivity contribution >= 4 is 12.1 Å². The first-order chi connectivity index (χ1) is 8.99. The topological polar surface area (TPSA) is 77.8 Å². The monoisotopic (exact) mass is 263 g/mol. The molecule has 1 aromatic rings. The van der Waals surface area contributed by atoms with Crippen LogP contribution in [-0.4, -0.2) is 40.3 Å². The summed E-state index contributed by atoms with van der Waals surface area (Å²) in [5, 5.41) is 18.1. The number of aryl methyl sites for hydroxylation is 1. The van der Waals surface area contributed by atoms with E-state index < -0.39 is 12.1 Å². The van der Waals surface area contributed by atoms with Gasteiger partial charge >= 0.3 is 12.1 Å². The smallest absolute Gasteiger partial charge is 0.407 e. The van der Waals surface area contributed by atoms with Crippen LogP contribution < -0.4 is 0 Å². The Morgan fingerprint density at radius 3 is 2.68 bits per heavy atom. The molecule has 1 aliphatic rings. The second-order valence-corrected chi connectivity index (χ2v) is 4.95. The van der Waals surface area contributed by atoms with Gasteiger partial charge in [-0.1, -0.05) is 12.1 Å². The minimum absolute atomic E-state index is 0.0866. The molecule has 0 aromatic heterocycles. The van der Waals surface area contributed by atoms with E-state index in [0.29, 0.717) is 18.7 Å². The zero-order chi connectivity index (χ0) is 14.0. The molecule has 1 fully saturated rings. The Hall–Kier alpha value is -2.04. The van der Waals surface area contributed by atoms with Crippen LogP contribution in [0.3, 0.4) is 0 Å². The van der Waals surface area contributed by atoms with Gasteiger partial charge in [0.1, 0.15) is 0 Å². The van der Waals surface area contributed by atoms with E-state index in [1.54, 1.807) is 19.1 Å². The molecule has 2 N–H and O–H groups in total. The van der Waals surface area contributed by atoms with Crippen LogP contribution in [0.5, 0.6) is 0 Å². The van der Waals surface area contributed by atoms with Gasteiger partial charge in [0, 0.05) is 19.0 Å². The fourth-order valence-corrected chi connectivity index (χ4v) is 2.55. The highest BCUT2D eigenvalue weighted by Crippen LogP contribution is 2.28. The third kappa shape index (κ3) is 2.86. The number of aromatic carboxylic acids is 1. The number of hydrogen-bond acceptors (Lipinski definition) is 2. The van der Waals surface area contributed by atoms with Crippen molar-refractivity contribution in [3.63, 3.8) is 0 Å². The lowest BCUT2D eigenvalue weighted by molar-refractivity contribution is 0.0695. The van der Waals surface area contributed by atoms with Crippen molar-refractivity contribution in [2.75, 3.05) is 13.1 Å². The van der Waals surface area contributed by atoms with Crippen LogP contribution in [0.4, 0.5) is 4.79 Å². The van der Waals surface area contributed by atoms with Gasteiger partial charge in [-0.25, -0.2) is 9.59 Å². The Balaban J connectivity index is 2.24. The van der Waals surface area contributed by atoms with Gasteiger partial charge in [0.05, 0.1) is 5.56 Å². The highest BCUT2D eigenvalue weighted by atomic mass is 16.4. The Bertz CT molecular complexity index is 512. The van der Waals surface area contributed by atoms with Crippen LogP contribution >= 0.6 is 0 Å². The number of likely N-dealkylation sites (tertiary alicyclic amines) is 1. The van der Waals surface area contributed by atoms with Gasteiger partial charge < -0.3 is 15.1 Å². The van der Waals surface area contributed by atoms with Crippen LogP contribution in [0.25, 0.3) is 0 Å². The molecule has 5 heteroatoms. The molecular weight excluding hydrogens is 246 g/mol. The summed E-state index contributed by atoms with van der Waals surface area (Å²) in [7, 11) is 0. The predicted octanol–water partition coefficient (Wildman–Crippen LogP) is 2.55. The number of rotatable bonds is 2. The number of hydrogen-bond donors (Lipinski definition) is 2. The van der Waals surface area contributed by atoms with E-state index >= 15 is 0 Å². The number of piperidine rings is 1. The Morgan fingerprint density at radius 1 is 1.32 bits per heavy atom. The lowest BCUT2D eigenvalue weighted by Gasteiger charge is -2.31. The third-order valence-electron chi connectivity index (χ3n) is 3.66. The summed E-state index contributed by atoms with van der Waals surface area (Å²) in [5.41, 5.74) is 1.93. The lowest BCUT2D eigenvalue weighted by Crippen LogP contribution is -2.38. The van der Waals surface area contributed by atoms with Crippen molar-refractivity contribution in [2.45, 2.75) is 25.7 Å². The van der Waals surface area contributed by atoms with E-state index in [1.807, 2.05) is 6.07 Å². The summed E-state index contributed by atoms with van der Waals surface area (Å²) in [4.78, 5) is 23.5. The highest BCUT2D eigenvalue weighted by Gasteiger charge is 2.25. The van der Waals surface area contributed by atoms with Crippen molar-refractivity contribution in [3.8, 4) is 0 Å². The molecule has 0 radical (unpaired) electrons. The minimum Gasteiger partial charge on any atom is -0.478 e. The maximum Gasteiger partial charge on any atom is 0.407 e. The summed E-state index contributed by atoms with van der Waals surface area (Å²) in [6, 6.07) is 5.37. The van der Waals surface area contributed by atoms with Crippen LogP contribution in [0.2, 0.25) is 0 Å². The van der Waals surface area contributed by atoms with Gasteiger partial charge in [0.2, 0.25) is 0 Å². The summed E-state index contributed by atoms with van der Waals surface area (Å²) < 4.78 is 0. The molecule has 0 saturated carbocycles. The maximum atomic E-state index is 11.1. The number of nitrogens with zero attached hydrogens (tertiary/aromatic N) is 1. The van der Waals surface area contributed by atoms with E-state index in [2.05, 4.69) is 0 Å². The van der Waals surface area contributed by atoms with Crippen molar-refractivity contribution in [2.24, 2.45) is 0 Å². The molecule has 1 saturated heterocycles. The quantitative estimate of drug-likeness (QED) is 0.859. The standard InChI is InChI=1S/C14H17NO4/c1-9-4-5-10(7-12(9)13(16)17)11-3-2-6-15(8-11)14(18)19/h4-5,7,11H,2-3,6,8H2,1H3,(H,16,17)(H,18,19)/t11-/m1/s1. The van der Waals surface area contributed by atoms with Crippen LogP contribution in [0, 0.1) is 6.92 Å². The summed E-state index contributed by atoms with van der Waals surface area (Å²) in [6.45, 7) is 2.76. The SMILES string of the molecule is Cc1ccc([C@@H]2CCCN(C(=O)O)C2)cc1C(=O)O. The molecule has 2 rings (SSSR count). The van der Waals surface area contributed by atoms with E-state index in [4.69, 9.17) is 10.2 Å². The van der Waals surface area contributed by atoms with Crippen molar-refractivity contribution in [1.29, 1.82) is 0 Å². The van der Waals surface area contributed by atoms with Gasteiger partial charge in [-0.05, 0) is 37.0 Å². The summed E-state index contributed by atoms with van der Waals surface area (Å²) in [5.74, 6) is -0.853. The second kappa shape index (κ2) is 5.30. The van der Waals surface area contributed by atoms with E-state index in [1.165, 1.54) is 4.90 Å². The third-order valence-corrected chi connectivity index (χ3v) is 3.66.